The van der Waals surface area contributed by atoms with Crippen molar-refractivity contribution in [3.05, 3.63) is 34.5 Å². The summed E-state index contributed by atoms with van der Waals surface area (Å²) in [6.45, 7) is 7.01. The van der Waals surface area contributed by atoms with Gasteiger partial charge in [-0.25, -0.2) is 8.42 Å². The zero-order chi connectivity index (χ0) is 17.6. The summed E-state index contributed by atoms with van der Waals surface area (Å²) in [5, 5.41) is 5.87. The topological polar surface area (TPSA) is 66.7 Å². The van der Waals surface area contributed by atoms with Gasteiger partial charge < -0.3 is 4.52 Å². The van der Waals surface area contributed by atoms with Crippen LogP contribution in [0.1, 0.15) is 29.9 Å². The van der Waals surface area contributed by atoms with Gasteiger partial charge in [0.1, 0.15) is 9.97 Å². The molecule has 2 aromatic rings. The molecule has 0 aliphatic carbocycles. The molecule has 8 heteroatoms. The number of fused-ring (bicyclic) bond motifs is 4. The summed E-state index contributed by atoms with van der Waals surface area (Å²) in [6, 6.07) is 3.56. The molecule has 0 radical (unpaired) electrons. The van der Waals surface area contributed by atoms with Gasteiger partial charge in [0.05, 0.1) is 5.69 Å². The summed E-state index contributed by atoms with van der Waals surface area (Å²) in [5.74, 6) is 1.24. The predicted molar refractivity (Wildman–Crippen MR) is 96.0 cm³/mol. The van der Waals surface area contributed by atoms with Crippen LogP contribution in [0.4, 0.5) is 0 Å². The van der Waals surface area contributed by atoms with Crippen molar-refractivity contribution in [1.29, 1.82) is 0 Å². The quantitative estimate of drug-likeness (QED) is 0.814. The maximum absolute atomic E-state index is 13.0. The van der Waals surface area contributed by atoms with Crippen molar-refractivity contribution < 1.29 is 12.9 Å². The third kappa shape index (κ3) is 3.16. The van der Waals surface area contributed by atoms with Gasteiger partial charge in [0.15, 0.2) is 0 Å². The number of thiophene rings is 1. The van der Waals surface area contributed by atoms with Gasteiger partial charge in [-0.1, -0.05) is 11.2 Å². The van der Waals surface area contributed by atoms with E-state index in [1.54, 1.807) is 16.4 Å². The zero-order valence-electron chi connectivity index (χ0n) is 14.5. The first-order chi connectivity index (χ1) is 11.9. The van der Waals surface area contributed by atoms with Crippen molar-refractivity contribution in [2.24, 2.45) is 5.92 Å². The number of piperidine rings is 1. The maximum atomic E-state index is 13.0. The molecule has 2 bridgehead atoms. The zero-order valence-corrected chi connectivity index (χ0v) is 16.1. The second-order valence-corrected chi connectivity index (χ2v) is 10.2. The van der Waals surface area contributed by atoms with Gasteiger partial charge in [-0.3, -0.25) is 4.90 Å². The molecule has 136 valence electrons. The van der Waals surface area contributed by atoms with E-state index in [1.165, 1.54) is 11.3 Å². The second kappa shape index (κ2) is 6.50. The Morgan fingerprint density at radius 3 is 2.80 bits per heavy atom. The number of rotatable bonds is 4. The van der Waals surface area contributed by atoms with E-state index in [4.69, 9.17) is 4.52 Å². The number of hydrogen-bond acceptors (Lipinski definition) is 6. The van der Waals surface area contributed by atoms with Gasteiger partial charge >= 0.3 is 0 Å². The van der Waals surface area contributed by atoms with Crippen LogP contribution in [-0.2, 0) is 16.6 Å². The molecule has 2 aromatic heterocycles. The van der Waals surface area contributed by atoms with Crippen LogP contribution in [0.15, 0.2) is 26.2 Å². The van der Waals surface area contributed by atoms with Crippen molar-refractivity contribution in [3.63, 3.8) is 0 Å². The van der Waals surface area contributed by atoms with Crippen LogP contribution in [0.2, 0.25) is 0 Å². The Labute approximate surface area is 152 Å². The molecule has 5 heterocycles. The minimum Gasteiger partial charge on any atom is -0.361 e. The first-order valence-corrected chi connectivity index (χ1v) is 11.0. The average Bonchev–Trinajstić information content (AvgIpc) is 3.13. The van der Waals surface area contributed by atoms with Crippen molar-refractivity contribution in [2.45, 2.75) is 43.5 Å². The number of nitrogens with zero attached hydrogens (tertiary/aromatic N) is 3. The van der Waals surface area contributed by atoms with Crippen LogP contribution in [0.5, 0.6) is 0 Å². The molecule has 0 spiro atoms. The summed E-state index contributed by atoms with van der Waals surface area (Å²) in [6.07, 6.45) is 2.03. The van der Waals surface area contributed by atoms with Crippen LogP contribution < -0.4 is 0 Å². The highest BCUT2D eigenvalue weighted by Crippen LogP contribution is 2.34. The first-order valence-electron chi connectivity index (χ1n) is 8.64. The summed E-state index contributed by atoms with van der Waals surface area (Å²) in [5.41, 5.74) is 2.06. The molecular formula is C17H23N3O3S2. The SMILES string of the molecule is Cc1noc(C)c1CN1C[C@H]2CC[C@@H](C1)N(S(=O)(=O)c1cccs1)C2. The standard InChI is InChI=1S/C17H23N3O3S2/c1-12-16(13(2)23-18-12)11-19-8-14-5-6-15(10-19)20(9-14)25(21,22)17-4-3-7-24-17/h3-4,7,14-15H,5-6,8-11H2,1-2H3/t14-,15+/m1/s1. The Hall–Kier alpha value is -1.22. The summed E-state index contributed by atoms with van der Waals surface area (Å²) >= 11 is 1.30. The van der Waals surface area contributed by atoms with Crippen LogP contribution in [0.25, 0.3) is 0 Å². The molecule has 2 atom stereocenters. The van der Waals surface area contributed by atoms with Crippen LogP contribution in [0.3, 0.4) is 0 Å². The summed E-state index contributed by atoms with van der Waals surface area (Å²) < 4.78 is 33.5. The van der Waals surface area contributed by atoms with Crippen molar-refractivity contribution in [3.8, 4) is 0 Å². The van der Waals surface area contributed by atoms with E-state index in [9.17, 15) is 8.42 Å². The molecule has 6 nitrogen and oxygen atoms in total. The van der Waals surface area contributed by atoms with Gasteiger partial charge in [0.25, 0.3) is 10.0 Å². The molecule has 3 fully saturated rings. The molecule has 5 rings (SSSR count). The largest absolute Gasteiger partial charge is 0.361 e. The van der Waals surface area contributed by atoms with Gasteiger partial charge in [-0.05, 0) is 44.1 Å². The number of sulfonamides is 1. The Kier molecular flexibility index (Phi) is 4.47. The fourth-order valence-corrected chi connectivity index (χ4v) is 6.88. The molecule has 0 amide bonds. The fourth-order valence-electron chi connectivity index (χ4n) is 4.04. The highest BCUT2D eigenvalue weighted by molar-refractivity contribution is 7.91. The second-order valence-electron chi connectivity index (χ2n) is 7.10. The Balaban J connectivity index is 1.57. The normalized spacial score (nSPS) is 25.4. The average molecular weight is 382 g/mol. The van der Waals surface area contributed by atoms with E-state index >= 15 is 0 Å². The van der Waals surface area contributed by atoms with Crippen LogP contribution in [-0.4, -0.2) is 48.5 Å². The third-order valence-corrected chi connectivity index (χ3v) is 8.65. The molecule has 3 aliphatic heterocycles. The third-order valence-electron chi connectivity index (χ3n) is 5.36. The first kappa shape index (κ1) is 17.2. The Morgan fingerprint density at radius 1 is 1.28 bits per heavy atom. The van der Waals surface area contributed by atoms with E-state index < -0.39 is 10.0 Å². The van der Waals surface area contributed by atoms with Crippen LogP contribution in [0, 0.1) is 19.8 Å². The minimum absolute atomic E-state index is 0.0475. The molecule has 0 unspecified atom stereocenters. The lowest BCUT2D eigenvalue weighted by molar-refractivity contribution is 0.226. The highest BCUT2D eigenvalue weighted by Gasteiger charge is 2.41. The number of hydrogen-bond donors (Lipinski definition) is 0. The van der Waals surface area contributed by atoms with Gasteiger partial charge in [0, 0.05) is 37.8 Å². The Morgan fingerprint density at radius 2 is 2.12 bits per heavy atom. The maximum Gasteiger partial charge on any atom is 0.252 e. The van der Waals surface area contributed by atoms with E-state index in [0.29, 0.717) is 16.7 Å². The molecule has 25 heavy (non-hydrogen) atoms. The van der Waals surface area contributed by atoms with E-state index in [0.717, 1.165) is 49.5 Å². The molecule has 0 saturated carbocycles. The number of aromatic nitrogens is 1. The molecule has 3 saturated heterocycles. The van der Waals surface area contributed by atoms with E-state index in [-0.39, 0.29) is 6.04 Å². The molecular weight excluding hydrogens is 358 g/mol. The highest BCUT2D eigenvalue weighted by atomic mass is 32.2. The van der Waals surface area contributed by atoms with Gasteiger partial charge in [0.2, 0.25) is 0 Å². The minimum atomic E-state index is -3.38. The van der Waals surface area contributed by atoms with Gasteiger partial charge in [-0.15, -0.1) is 11.3 Å². The predicted octanol–water partition coefficient (Wildman–Crippen LogP) is 2.64. The van der Waals surface area contributed by atoms with Crippen LogP contribution >= 0.6 is 11.3 Å². The smallest absolute Gasteiger partial charge is 0.252 e. The molecule has 3 aliphatic rings. The Bertz CT molecular complexity index is 825. The molecule has 0 N–H and O–H groups in total. The van der Waals surface area contributed by atoms with E-state index in [1.807, 2.05) is 19.2 Å². The van der Waals surface area contributed by atoms with Crippen molar-refractivity contribution in [1.82, 2.24) is 14.4 Å². The summed E-state index contributed by atoms with van der Waals surface area (Å²) in [7, 11) is -3.38. The fraction of sp³-hybridized carbons (Fsp3) is 0.588. The van der Waals surface area contributed by atoms with Crippen molar-refractivity contribution >= 4 is 21.4 Å². The lowest BCUT2D eigenvalue weighted by atomic mass is 9.97. The van der Waals surface area contributed by atoms with Crippen molar-refractivity contribution in [2.75, 3.05) is 19.6 Å². The molecule has 0 aromatic carbocycles. The van der Waals surface area contributed by atoms with E-state index in [2.05, 4.69) is 10.1 Å². The van der Waals surface area contributed by atoms with Gasteiger partial charge in [-0.2, -0.15) is 4.31 Å². The lowest BCUT2D eigenvalue weighted by Crippen LogP contribution is -2.47. The lowest BCUT2D eigenvalue weighted by Gasteiger charge is -2.34. The monoisotopic (exact) mass is 381 g/mol. The number of aryl methyl sites for hydroxylation is 2. The summed E-state index contributed by atoms with van der Waals surface area (Å²) in [4.78, 5) is 2.37.